The van der Waals surface area contributed by atoms with Crippen LogP contribution in [0.25, 0.3) is 0 Å². The highest BCUT2D eigenvalue weighted by Gasteiger charge is 2.62. The number of carbonyl (C=O) groups excluding carboxylic acids is 4. The van der Waals surface area contributed by atoms with Gasteiger partial charge in [0, 0.05) is 53.6 Å². The fraction of sp³-hybridized carbons (Fsp3) is 0.540. The maximum atomic E-state index is 15.2. The molecule has 7 aliphatic heterocycles. The first-order valence-electron chi connectivity index (χ1n) is 22.9. The number of nitrogens with zero attached hydrogens (tertiary/aromatic N) is 3. The molecule has 368 valence electrons. The summed E-state index contributed by atoms with van der Waals surface area (Å²) in [5.41, 5.74) is 2.07. The molecule has 0 radical (unpaired) electrons. The number of likely N-dealkylation sites (N-methyl/N-ethyl adjacent to an activating group) is 1. The van der Waals surface area contributed by atoms with Crippen LogP contribution in [0.1, 0.15) is 110 Å². The van der Waals surface area contributed by atoms with Gasteiger partial charge in [0.2, 0.25) is 6.79 Å². The molecule has 7 heterocycles. The molecule has 19 heteroatoms. The van der Waals surface area contributed by atoms with Crippen molar-refractivity contribution in [1.29, 1.82) is 5.26 Å². The molecule has 7 aliphatic rings. The molecular formula is C50H58N4O14S. The van der Waals surface area contributed by atoms with Crippen LogP contribution in [0.2, 0.25) is 0 Å². The van der Waals surface area contributed by atoms with Crippen molar-refractivity contribution in [1.82, 2.24) is 15.1 Å². The summed E-state index contributed by atoms with van der Waals surface area (Å²) >= 11 is 1.42. The van der Waals surface area contributed by atoms with Crippen LogP contribution in [-0.4, -0.2) is 110 Å². The number of aryl methyl sites for hydroxylation is 1. The van der Waals surface area contributed by atoms with Gasteiger partial charge in [0.05, 0.1) is 37.6 Å². The van der Waals surface area contributed by atoms with Crippen molar-refractivity contribution in [2.45, 2.75) is 127 Å². The van der Waals surface area contributed by atoms with E-state index >= 15 is 4.79 Å². The number of nitrogens with one attached hydrogen (secondary N) is 1. The highest BCUT2D eigenvalue weighted by Crippen LogP contribution is 2.65. The molecule has 0 amide bonds. The van der Waals surface area contributed by atoms with Gasteiger partial charge in [-0.05, 0) is 110 Å². The van der Waals surface area contributed by atoms with E-state index in [4.69, 9.17) is 47.4 Å². The standard InChI is InChI=1S/C50H58N4O14S/c1-23-15-27-16-29-30(19-51)54-31-20-61-45(56)50(28-18-32(59-11)33(17-26(28)13-14-52-50)65-46(57)67-48(4,5)6)21-69-44(36-35(31)42-41(62-22-63-42)24(2)40(36)64-25(3)55)38(54)37(53(29)10)34(27)43(39(23)60-12)66-47(58)68-49(7,8)9/h15,17-18,29-31,37-38,44,52H,13-14,16,20-22H2,1-12H3/t29-,30+,31+,37?,38?,44-,50-/m1/s1. The molecule has 4 bridgehead atoms. The second-order valence-electron chi connectivity index (χ2n) is 20.2. The minimum absolute atomic E-state index is 0.0444. The number of rotatable bonds is 5. The highest BCUT2D eigenvalue weighted by molar-refractivity contribution is 7.99. The molecule has 7 atom stereocenters. The van der Waals surface area contributed by atoms with E-state index in [0.717, 1.165) is 11.1 Å². The molecule has 3 aromatic carbocycles. The number of carbonyl (C=O) groups is 4. The van der Waals surface area contributed by atoms with E-state index < -0.39 is 76.4 Å². The van der Waals surface area contributed by atoms with Gasteiger partial charge in [-0.25, -0.2) is 14.4 Å². The van der Waals surface area contributed by atoms with Gasteiger partial charge in [-0.3, -0.25) is 19.9 Å². The van der Waals surface area contributed by atoms with Gasteiger partial charge >= 0.3 is 24.2 Å². The number of ether oxygens (including phenoxy) is 10. The number of benzene rings is 3. The lowest BCUT2D eigenvalue weighted by molar-refractivity contribution is -0.157. The normalized spacial score (nSPS) is 25.7. The summed E-state index contributed by atoms with van der Waals surface area (Å²) in [6, 6.07) is 4.73. The molecule has 0 aromatic heterocycles. The Hall–Kier alpha value is -5.94. The molecule has 2 fully saturated rings. The summed E-state index contributed by atoms with van der Waals surface area (Å²) in [5.74, 6) is 0.818. The summed E-state index contributed by atoms with van der Waals surface area (Å²) in [6.45, 7) is 15.4. The van der Waals surface area contributed by atoms with Crippen LogP contribution in [0.5, 0.6) is 40.2 Å². The first-order valence-corrected chi connectivity index (χ1v) is 24.0. The van der Waals surface area contributed by atoms with Gasteiger partial charge in [-0.2, -0.15) is 5.26 Å². The third kappa shape index (κ3) is 8.12. The number of fused-ring (bicyclic) bond motifs is 9. The third-order valence-electron chi connectivity index (χ3n) is 13.6. The van der Waals surface area contributed by atoms with Gasteiger partial charge in [0.15, 0.2) is 40.0 Å². The van der Waals surface area contributed by atoms with Crippen molar-refractivity contribution in [3.05, 3.63) is 62.7 Å². The lowest BCUT2D eigenvalue weighted by Gasteiger charge is -2.62. The number of hydrogen-bond acceptors (Lipinski definition) is 19. The van der Waals surface area contributed by atoms with Crippen LogP contribution >= 0.6 is 11.8 Å². The van der Waals surface area contributed by atoms with Gasteiger partial charge < -0.3 is 47.4 Å². The van der Waals surface area contributed by atoms with Crippen LogP contribution in [0, 0.1) is 25.2 Å². The van der Waals surface area contributed by atoms with Crippen molar-refractivity contribution in [3.8, 4) is 46.3 Å². The summed E-state index contributed by atoms with van der Waals surface area (Å²) < 4.78 is 60.2. The number of hydrogen-bond donors (Lipinski definition) is 1. The molecule has 18 nitrogen and oxygen atoms in total. The smallest absolute Gasteiger partial charge is 0.493 e. The van der Waals surface area contributed by atoms with Crippen LogP contribution in [0.3, 0.4) is 0 Å². The highest BCUT2D eigenvalue weighted by atomic mass is 32.2. The zero-order valence-corrected chi connectivity index (χ0v) is 41.7. The number of nitriles is 1. The predicted molar refractivity (Wildman–Crippen MR) is 248 cm³/mol. The SMILES string of the molecule is COc1cc2c(cc1OC(=O)OC(C)(C)C)CCN[C@]21CS[C@@H]2c3c(OC(C)=O)c(C)c4c(c3[C@H](COC1=O)N1C2C2c3c(cc(C)c(OC)c3OC(=O)OC(C)(C)C)C[C@H]([C@@H]1C#N)N2C)OCO4. The minimum Gasteiger partial charge on any atom is -0.493 e. The molecule has 3 aromatic rings. The predicted octanol–water partition coefficient (Wildman–Crippen LogP) is 7.20. The van der Waals surface area contributed by atoms with Gasteiger partial charge in [-0.15, -0.1) is 11.8 Å². The lowest BCUT2D eigenvalue weighted by atomic mass is 9.71. The molecular weight excluding hydrogens is 913 g/mol. The molecule has 1 N–H and O–H groups in total. The average Bonchev–Trinajstić information content (AvgIpc) is 3.75. The van der Waals surface area contributed by atoms with Crippen molar-refractivity contribution in [2.75, 3.05) is 47.0 Å². The molecule has 2 unspecified atom stereocenters. The molecule has 0 saturated carbocycles. The Labute approximate surface area is 405 Å². The topological polar surface area (TPSA) is 203 Å². The van der Waals surface area contributed by atoms with Gasteiger partial charge in [-0.1, -0.05) is 6.07 Å². The largest absolute Gasteiger partial charge is 0.514 e. The van der Waals surface area contributed by atoms with Crippen molar-refractivity contribution < 1.29 is 66.5 Å². The molecule has 2 saturated heterocycles. The Bertz CT molecular complexity index is 2710. The summed E-state index contributed by atoms with van der Waals surface area (Å²) in [6.07, 6.45) is -0.972. The second kappa shape index (κ2) is 17.5. The number of thioether (sulfide) groups is 1. The molecule has 69 heavy (non-hydrogen) atoms. The van der Waals surface area contributed by atoms with E-state index in [0.29, 0.717) is 70.0 Å². The van der Waals surface area contributed by atoms with E-state index in [-0.39, 0.29) is 42.2 Å². The van der Waals surface area contributed by atoms with Crippen LogP contribution in [0.15, 0.2) is 18.2 Å². The van der Waals surface area contributed by atoms with Crippen molar-refractivity contribution >= 4 is 36.0 Å². The number of methoxy groups -OCH3 is 2. The zero-order valence-electron chi connectivity index (χ0n) is 40.9. The van der Waals surface area contributed by atoms with Crippen LogP contribution < -0.4 is 38.5 Å². The Morgan fingerprint density at radius 3 is 2.20 bits per heavy atom. The minimum atomic E-state index is -1.50. The van der Waals surface area contributed by atoms with Gasteiger partial charge in [0.25, 0.3) is 0 Å². The van der Waals surface area contributed by atoms with Crippen LogP contribution in [0.4, 0.5) is 9.59 Å². The second-order valence-corrected chi connectivity index (χ2v) is 21.3. The summed E-state index contributed by atoms with van der Waals surface area (Å²) in [4.78, 5) is 59.4. The van der Waals surface area contributed by atoms with E-state index in [1.165, 1.54) is 32.9 Å². The first-order chi connectivity index (χ1) is 32.6. The quantitative estimate of drug-likeness (QED) is 0.116. The summed E-state index contributed by atoms with van der Waals surface area (Å²) in [5, 5.41) is 14.2. The van der Waals surface area contributed by atoms with E-state index in [1.54, 1.807) is 53.7 Å². The molecule has 1 spiro atoms. The average molecular weight is 971 g/mol. The van der Waals surface area contributed by atoms with E-state index in [9.17, 15) is 19.6 Å². The van der Waals surface area contributed by atoms with Crippen molar-refractivity contribution in [2.24, 2.45) is 0 Å². The van der Waals surface area contributed by atoms with Crippen molar-refractivity contribution in [3.63, 3.8) is 0 Å². The Morgan fingerprint density at radius 2 is 1.55 bits per heavy atom. The fourth-order valence-electron chi connectivity index (χ4n) is 11.0. The van der Waals surface area contributed by atoms with E-state index in [2.05, 4.69) is 21.2 Å². The Balaban J connectivity index is 1.28. The first kappa shape index (κ1) is 48.1. The molecule has 0 aliphatic carbocycles. The number of esters is 2. The maximum Gasteiger partial charge on any atom is 0.514 e. The zero-order chi connectivity index (χ0) is 49.6. The van der Waals surface area contributed by atoms with E-state index in [1.807, 2.05) is 27.0 Å². The fourth-order valence-corrected chi connectivity index (χ4v) is 12.7. The maximum absolute atomic E-state index is 15.2. The number of piperazine rings is 1. The monoisotopic (exact) mass is 970 g/mol. The Morgan fingerprint density at radius 1 is 0.855 bits per heavy atom. The third-order valence-corrected chi connectivity index (χ3v) is 15.0. The van der Waals surface area contributed by atoms with Gasteiger partial charge in [0.1, 0.15) is 29.6 Å². The Kier molecular flexibility index (Phi) is 12.2. The molecule has 10 rings (SSSR count). The van der Waals surface area contributed by atoms with Crippen LogP contribution in [-0.2, 0) is 42.2 Å². The summed E-state index contributed by atoms with van der Waals surface area (Å²) in [7, 11) is 4.92. The lowest BCUT2D eigenvalue weighted by Crippen LogP contribution is -2.69.